The molecule has 0 spiro atoms. The SMILES string of the molecule is FC(F)(F)c1[c]cccc1.FC(F)(F)c1[c]cccc1.FC(F)(F)c1[c]cccc1.[Bi+2].[Cl-].[Cl-]. The van der Waals surface area contributed by atoms with E-state index in [0.717, 1.165) is 18.2 Å². The molecular weight excluding hydrogens is 703 g/mol. The minimum absolute atomic E-state index is 0. The average molecular weight is 715 g/mol. The molecule has 0 amide bonds. The maximum atomic E-state index is 11.8. The van der Waals surface area contributed by atoms with Gasteiger partial charge in [0.15, 0.2) is 0 Å². The van der Waals surface area contributed by atoms with Gasteiger partial charge in [0.05, 0.1) is 16.7 Å². The Hall–Kier alpha value is -1.51. The predicted octanol–water partition coefficient (Wildman–Crippen LogP) is 1.14. The van der Waals surface area contributed by atoms with E-state index in [9.17, 15) is 39.5 Å². The molecule has 3 aromatic carbocycles. The number of halogens is 11. The van der Waals surface area contributed by atoms with Crippen LogP contribution in [0.3, 0.4) is 0 Å². The fraction of sp³-hybridized carbons (Fsp3) is 0.143. The molecule has 3 aromatic rings. The largest absolute Gasteiger partial charge is 2.00 e. The van der Waals surface area contributed by atoms with Gasteiger partial charge < -0.3 is 24.8 Å². The summed E-state index contributed by atoms with van der Waals surface area (Å²) in [6, 6.07) is 21.4. The molecule has 6 radical (unpaired) electrons. The molecule has 0 unspecified atom stereocenters. The number of hydrogen-bond donors (Lipinski definition) is 0. The van der Waals surface area contributed by atoms with Crippen LogP contribution in [0.25, 0.3) is 0 Å². The van der Waals surface area contributed by atoms with Crippen LogP contribution in [-0.2, 0) is 18.5 Å². The van der Waals surface area contributed by atoms with Crippen molar-refractivity contribution in [2.75, 3.05) is 0 Å². The van der Waals surface area contributed by atoms with Gasteiger partial charge in [-0.2, -0.15) is 39.5 Å². The summed E-state index contributed by atoms with van der Waals surface area (Å²) in [6.07, 6.45) is -12.8. The Morgan fingerprint density at radius 3 is 0.727 bits per heavy atom. The van der Waals surface area contributed by atoms with E-state index in [1.165, 1.54) is 54.6 Å². The molecule has 0 atom stereocenters. The fourth-order valence-corrected chi connectivity index (χ4v) is 1.71. The Morgan fingerprint density at radius 1 is 0.424 bits per heavy atom. The van der Waals surface area contributed by atoms with E-state index in [1.54, 1.807) is 0 Å². The van der Waals surface area contributed by atoms with Crippen molar-refractivity contribution in [2.45, 2.75) is 18.5 Å². The monoisotopic (exact) mass is 714 g/mol. The minimum Gasteiger partial charge on any atom is -1.00 e. The van der Waals surface area contributed by atoms with E-state index in [1.807, 2.05) is 0 Å². The molecule has 0 aliphatic rings. The maximum absolute atomic E-state index is 11.8. The summed E-state index contributed by atoms with van der Waals surface area (Å²) >= 11 is 0. The summed E-state index contributed by atoms with van der Waals surface area (Å²) < 4.78 is 106. The second kappa shape index (κ2) is 16.2. The molecule has 0 aliphatic heterocycles. The van der Waals surface area contributed by atoms with Crippen LogP contribution in [0.4, 0.5) is 39.5 Å². The van der Waals surface area contributed by atoms with E-state index < -0.39 is 35.2 Å². The van der Waals surface area contributed by atoms with Crippen LogP contribution in [0.2, 0.25) is 0 Å². The molecular formula is C21H12BiCl2F9. The summed E-state index contributed by atoms with van der Waals surface area (Å²) in [5.41, 5.74) is -2.18. The molecule has 12 heteroatoms. The molecule has 0 fully saturated rings. The van der Waals surface area contributed by atoms with Gasteiger partial charge in [0.1, 0.15) is 0 Å². The summed E-state index contributed by atoms with van der Waals surface area (Å²) in [6.45, 7) is 0. The van der Waals surface area contributed by atoms with Crippen LogP contribution >= 0.6 is 0 Å². The topological polar surface area (TPSA) is 0 Å². The van der Waals surface area contributed by atoms with Gasteiger partial charge in [0.2, 0.25) is 0 Å². The number of benzene rings is 3. The Bertz CT molecular complexity index is 734. The van der Waals surface area contributed by atoms with Crippen LogP contribution in [-0.4, -0.2) is 26.2 Å². The zero-order chi connectivity index (χ0) is 22.8. The smallest absolute Gasteiger partial charge is 1.00 e. The van der Waals surface area contributed by atoms with Gasteiger partial charge in [-0.15, -0.1) is 0 Å². The molecule has 0 aliphatic carbocycles. The standard InChI is InChI=1S/3C7H4F3.Bi.2ClH/c3*8-7(9,10)6-4-2-1-3-5-6;;;/h3*1-4H;;2*1H/q;;;+2;;/p-2. The fourth-order valence-electron chi connectivity index (χ4n) is 1.71. The number of rotatable bonds is 0. The second-order valence-corrected chi connectivity index (χ2v) is 5.32. The normalized spacial score (nSPS) is 10.5. The van der Waals surface area contributed by atoms with Gasteiger partial charge in [-0.05, 0) is 36.4 Å². The van der Waals surface area contributed by atoms with Crippen LogP contribution < -0.4 is 24.8 Å². The van der Waals surface area contributed by atoms with Crippen LogP contribution in [0.5, 0.6) is 0 Å². The first-order chi connectivity index (χ1) is 13.8. The summed E-state index contributed by atoms with van der Waals surface area (Å²) in [5.74, 6) is 0. The third-order valence-electron chi connectivity index (χ3n) is 3.04. The third kappa shape index (κ3) is 15.1. The van der Waals surface area contributed by atoms with Crippen LogP contribution in [0.15, 0.2) is 72.8 Å². The van der Waals surface area contributed by atoms with Crippen molar-refractivity contribution >= 4 is 26.2 Å². The molecule has 0 saturated carbocycles. The van der Waals surface area contributed by atoms with Crippen molar-refractivity contribution in [3.63, 3.8) is 0 Å². The van der Waals surface area contributed by atoms with Crippen molar-refractivity contribution in [3.8, 4) is 0 Å². The number of alkyl halides is 9. The Morgan fingerprint density at radius 2 is 0.636 bits per heavy atom. The summed E-state index contributed by atoms with van der Waals surface area (Å²) in [4.78, 5) is 0. The van der Waals surface area contributed by atoms with Gasteiger partial charge in [-0.1, -0.05) is 54.6 Å². The van der Waals surface area contributed by atoms with E-state index >= 15 is 0 Å². The maximum Gasteiger partial charge on any atom is 2.00 e. The van der Waals surface area contributed by atoms with Crippen molar-refractivity contribution in [1.29, 1.82) is 0 Å². The van der Waals surface area contributed by atoms with E-state index in [0.29, 0.717) is 0 Å². The van der Waals surface area contributed by atoms with Crippen LogP contribution in [0.1, 0.15) is 16.7 Å². The molecule has 0 N–H and O–H groups in total. The van der Waals surface area contributed by atoms with Crippen LogP contribution in [0, 0.1) is 18.2 Å². The van der Waals surface area contributed by atoms with E-state index in [2.05, 4.69) is 18.2 Å². The first-order valence-corrected chi connectivity index (χ1v) is 7.93. The molecule has 0 saturated heterocycles. The van der Waals surface area contributed by atoms with Gasteiger partial charge in [0, 0.05) is 0 Å². The molecule has 0 aromatic heterocycles. The van der Waals surface area contributed by atoms with Gasteiger partial charge in [0.25, 0.3) is 0 Å². The molecule has 0 nitrogen and oxygen atoms in total. The Labute approximate surface area is 216 Å². The van der Waals surface area contributed by atoms with E-state index in [4.69, 9.17) is 0 Å². The Balaban J connectivity index is -0.000000391. The third-order valence-corrected chi connectivity index (χ3v) is 3.04. The zero-order valence-corrected chi connectivity index (χ0v) is 21.0. The molecule has 33 heavy (non-hydrogen) atoms. The van der Waals surface area contributed by atoms with Crippen molar-refractivity contribution < 1.29 is 64.3 Å². The summed E-state index contributed by atoms with van der Waals surface area (Å²) in [5, 5.41) is 0. The van der Waals surface area contributed by atoms with Crippen molar-refractivity contribution in [3.05, 3.63) is 108 Å². The minimum atomic E-state index is -4.26. The summed E-state index contributed by atoms with van der Waals surface area (Å²) in [7, 11) is 0. The number of hydrogen-bond acceptors (Lipinski definition) is 0. The van der Waals surface area contributed by atoms with Gasteiger partial charge in [-0.25, -0.2) is 0 Å². The van der Waals surface area contributed by atoms with Crippen molar-refractivity contribution in [1.82, 2.24) is 0 Å². The predicted molar refractivity (Wildman–Crippen MR) is 96.6 cm³/mol. The zero-order valence-electron chi connectivity index (χ0n) is 16.0. The van der Waals surface area contributed by atoms with Crippen molar-refractivity contribution in [2.24, 2.45) is 0 Å². The Kier molecular flexibility index (Phi) is 17.7. The molecule has 178 valence electrons. The first-order valence-electron chi connectivity index (χ1n) is 7.93. The molecule has 3 rings (SSSR count). The molecule has 0 bridgehead atoms. The quantitative estimate of drug-likeness (QED) is 0.243. The molecule has 0 heterocycles. The van der Waals surface area contributed by atoms with Gasteiger partial charge in [-0.3, -0.25) is 0 Å². The van der Waals surface area contributed by atoms with Gasteiger partial charge >= 0.3 is 44.7 Å². The first kappa shape index (κ1) is 36.1. The second-order valence-electron chi connectivity index (χ2n) is 5.32. The van der Waals surface area contributed by atoms with E-state index in [-0.39, 0.29) is 51.0 Å². The average Bonchev–Trinajstić information content (AvgIpc) is 2.69.